The van der Waals surface area contributed by atoms with Gasteiger partial charge in [-0.05, 0) is 37.5 Å². The van der Waals surface area contributed by atoms with Crippen LogP contribution in [-0.4, -0.2) is 13.1 Å². The molecular formula is C15H26N2. The van der Waals surface area contributed by atoms with Crippen molar-refractivity contribution in [2.24, 2.45) is 11.7 Å². The summed E-state index contributed by atoms with van der Waals surface area (Å²) in [5.41, 5.74) is 8.76. The van der Waals surface area contributed by atoms with Crippen LogP contribution in [0.15, 0.2) is 24.3 Å². The molecule has 0 saturated heterocycles. The first-order valence-corrected chi connectivity index (χ1v) is 6.74. The molecule has 0 fully saturated rings. The molecule has 0 bridgehead atoms. The molecule has 0 saturated carbocycles. The summed E-state index contributed by atoms with van der Waals surface area (Å²) in [6.07, 6.45) is 1.12. The van der Waals surface area contributed by atoms with Gasteiger partial charge in [-0.25, -0.2) is 0 Å². The van der Waals surface area contributed by atoms with Gasteiger partial charge < -0.3 is 10.6 Å². The molecule has 96 valence electrons. The molecule has 0 aromatic heterocycles. The normalized spacial score (nSPS) is 14.4. The molecule has 17 heavy (non-hydrogen) atoms. The third-order valence-electron chi connectivity index (χ3n) is 3.66. The summed E-state index contributed by atoms with van der Waals surface area (Å²) in [7, 11) is 0. The quantitative estimate of drug-likeness (QED) is 0.815. The minimum atomic E-state index is 0.158. The maximum atomic E-state index is 6.23. The first kappa shape index (κ1) is 14.0. The highest BCUT2D eigenvalue weighted by molar-refractivity contribution is 5.47. The molecule has 0 spiro atoms. The van der Waals surface area contributed by atoms with Crippen LogP contribution in [0.1, 0.15) is 45.7 Å². The number of anilines is 1. The van der Waals surface area contributed by atoms with Crippen molar-refractivity contribution in [3.63, 3.8) is 0 Å². The zero-order valence-corrected chi connectivity index (χ0v) is 11.6. The zero-order chi connectivity index (χ0) is 12.8. The lowest BCUT2D eigenvalue weighted by atomic mass is 9.93. The second-order valence-electron chi connectivity index (χ2n) is 4.68. The molecule has 1 unspecified atom stereocenters. The third kappa shape index (κ3) is 3.47. The smallest absolute Gasteiger partial charge is 0.0366 e. The number of hydrogen-bond donors (Lipinski definition) is 1. The summed E-state index contributed by atoms with van der Waals surface area (Å²) < 4.78 is 0. The fourth-order valence-electron chi connectivity index (χ4n) is 2.08. The fraction of sp³-hybridized carbons (Fsp3) is 0.600. The number of nitrogens with zero attached hydrogens (tertiary/aromatic N) is 1. The second kappa shape index (κ2) is 6.65. The molecular weight excluding hydrogens is 208 g/mol. The Labute approximate surface area is 106 Å². The van der Waals surface area contributed by atoms with E-state index in [0.29, 0.717) is 5.92 Å². The van der Waals surface area contributed by atoms with Crippen LogP contribution in [0.25, 0.3) is 0 Å². The van der Waals surface area contributed by atoms with Gasteiger partial charge >= 0.3 is 0 Å². The van der Waals surface area contributed by atoms with Gasteiger partial charge in [0.2, 0.25) is 0 Å². The molecule has 2 nitrogen and oxygen atoms in total. The van der Waals surface area contributed by atoms with Crippen LogP contribution in [0.4, 0.5) is 5.69 Å². The highest BCUT2D eigenvalue weighted by Gasteiger charge is 2.13. The molecule has 2 atom stereocenters. The number of benzene rings is 1. The van der Waals surface area contributed by atoms with Crippen molar-refractivity contribution in [3.05, 3.63) is 29.8 Å². The van der Waals surface area contributed by atoms with Gasteiger partial charge in [0.25, 0.3) is 0 Å². The van der Waals surface area contributed by atoms with Crippen LogP contribution in [-0.2, 0) is 0 Å². The molecule has 2 heteroatoms. The van der Waals surface area contributed by atoms with Crippen molar-refractivity contribution in [2.45, 2.75) is 40.2 Å². The molecule has 0 aliphatic heterocycles. The maximum absolute atomic E-state index is 6.23. The highest BCUT2D eigenvalue weighted by atomic mass is 15.1. The molecule has 0 heterocycles. The van der Waals surface area contributed by atoms with Crippen molar-refractivity contribution in [1.82, 2.24) is 0 Å². The van der Waals surface area contributed by atoms with Crippen molar-refractivity contribution in [2.75, 3.05) is 18.0 Å². The van der Waals surface area contributed by atoms with Crippen molar-refractivity contribution < 1.29 is 0 Å². The minimum absolute atomic E-state index is 0.158. The lowest BCUT2D eigenvalue weighted by Gasteiger charge is -2.23. The summed E-state index contributed by atoms with van der Waals surface area (Å²) in [6, 6.07) is 8.87. The Balaban J connectivity index is 2.80. The summed E-state index contributed by atoms with van der Waals surface area (Å²) in [4.78, 5) is 2.35. The monoisotopic (exact) mass is 234 g/mol. The molecule has 1 aromatic carbocycles. The van der Waals surface area contributed by atoms with Crippen LogP contribution in [0.5, 0.6) is 0 Å². The van der Waals surface area contributed by atoms with Crippen LogP contribution in [0.2, 0.25) is 0 Å². The van der Waals surface area contributed by atoms with E-state index in [9.17, 15) is 0 Å². The predicted molar refractivity (Wildman–Crippen MR) is 76.4 cm³/mol. The summed E-state index contributed by atoms with van der Waals surface area (Å²) in [5, 5.41) is 0. The van der Waals surface area contributed by atoms with Gasteiger partial charge in [0.1, 0.15) is 0 Å². The number of rotatable bonds is 6. The van der Waals surface area contributed by atoms with E-state index in [1.807, 2.05) is 0 Å². The zero-order valence-electron chi connectivity index (χ0n) is 11.6. The van der Waals surface area contributed by atoms with Crippen molar-refractivity contribution in [1.29, 1.82) is 0 Å². The topological polar surface area (TPSA) is 29.3 Å². The third-order valence-corrected chi connectivity index (χ3v) is 3.66. The molecule has 2 N–H and O–H groups in total. The lowest BCUT2D eigenvalue weighted by molar-refractivity contribution is 0.457. The summed E-state index contributed by atoms with van der Waals surface area (Å²) >= 11 is 0. The minimum Gasteiger partial charge on any atom is -0.372 e. The van der Waals surface area contributed by atoms with E-state index in [0.717, 1.165) is 19.5 Å². The van der Waals surface area contributed by atoms with Crippen LogP contribution >= 0.6 is 0 Å². The molecule has 1 aromatic rings. The molecule has 0 radical (unpaired) electrons. The van der Waals surface area contributed by atoms with E-state index in [1.165, 1.54) is 11.3 Å². The van der Waals surface area contributed by atoms with E-state index >= 15 is 0 Å². The van der Waals surface area contributed by atoms with Gasteiger partial charge in [0.05, 0.1) is 0 Å². The Morgan fingerprint density at radius 3 is 2.00 bits per heavy atom. The molecule has 0 amide bonds. The lowest BCUT2D eigenvalue weighted by Crippen LogP contribution is -2.22. The number of hydrogen-bond acceptors (Lipinski definition) is 2. The Kier molecular flexibility index (Phi) is 5.49. The molecule has 0 aliphatic carbocycles. The van der Waals surface area contributed by atoms with Crippen LogP contribution < -0.4 is 10.6 Å². The predicted octanol–water partition coefficient (Wildman–Crippen LogP) is 3.58. The Morgan fingerprint density at radius 2 is 1.59 bits per heavy atom. The van der Waals surface area contributed by atoms with Gasteiger partial charge in [-0.3, -0.25) is 0 Å². The largest absolute Gasteiger partial charge is 0.372 e. The average Bonchev–Trinajstić information content (AvgIpc) is 2.39. The van der Waals surface area contributed by atoms with Gasteiger partial charge in [0, 0.05) is 24.8 Å². The Bertz CT molecular complexity index is 314. The van der Waals surface area contributed by atoms with E-state index in [4.69, 9.17) is 5.73 Å². The summed E-state index contributed by atoms with van der Waals surface area (Å²) in [5.74, 6) is 0.536. The fourth-order valence-corrected chi connectivity index (χ4v) is 2.08. The van der Waals surface area contributed by atoms with Gasteiger partial charge in [0.15, 0.2) is 0 Å². The van der Waals surface area contributed by atoms with Gasteiger partial charge in [-0.1, -0.05) is 32.4 Å². The molecule has 0 aliphatic rings. The van der Waals surface area contributed by atoms with Crippen LogP contribution in [0.3, 0.4) is 0 Å². The van der Waals surface area contributed by atoms with Crippen molar-refractivity contribution >= 4 is 5.69 Å². The maximum Gasteiger partial charge on any atom is 0.0366 e. The van der Waals surface area contributed by atoms with E-state index < -0.39 is 0 Å². The van der Waals surface area contributed by atoms with Crippen molar-refractivity contribution in [3.8, 4) is 0 Å². The number of nitrogens with two attached hydrogens (primary N) is 1. The standard InChI is InChI=1S/C15H26N2/c1-5-12(4)15(16)13-8-10-14(11-9-13)17(6-2)7-3/h8-12,15H,5-7,16H2,1-4H3/t12?,15-/m0/s1. The SMILES string of the molecule is CCC(C)[C@H](N)c1ccc(N(CC)CC)cc1. The van der Waals surface area contributed by atoms with Crippen LogP contribution in [0, 0.1) is 5.92 Å². The second-order valence-corrected chi connectivity index (χ2v) is 4.68. The van der Waals surface area contributed by atoms with Gasteiger partial charge in [-0.2, -0.15) is 0 Å². The summed E-state index contributed by atoms with van der Waals surface area (Å²) in [6.45, 7) is 10.9. The average molecular weight is 234 g/mol. The van der Waals surface area contributed by atoms with E-state index in [1.54, 1.807) is 0 Å². The first-order chi connectivity index (χ1) is 8.13. The molecule has 1 rings (SSSR count). The Morgan fingerprint density at radius 1 is 1.06 bits per heavy atom. The Hall–Kier alpha value is -1.02. The first-order valence-electron chi connectivity index (χ1n) is 6.74. The van der Waals surface area contributed by atoms with E-state index in [-0.39, 0.29) is 6.04 Å². The van der Waals surface area contributed by atoms with Gasteiger partial charge in [-0.15, -0.1) is 0 Å². The van der Waals surface area contributed by atoms with E-state index in [2.05, 4.69) is 56.9 Å². The highest BCUT2D eigenvalue weighted by Crippen LogP contribution is 2.24.